The Morgan fingerprint density at radius 2 is 2.08 bits per heavy atom. The van der Waals surface area contributed by atoms with E-state index in [0.29, 0.717) is 5.92 Å². The first-order valence-electron chi connectivity index (χ1n) is 4.90. The molecule has 1 aliphatic heterocycles. The zero-order valence-electron chi connectivity index (χ0n) is 7.82. The van der Waals surface area contributed by atoms with Crippen LogP contribution in [0.5, 0.6) is 0 Å². The first kappa shape index (κ1) is 8.57. The maximum atomic E-state index is 5.65. The van der Waals surface area contributed by atoms with Gasteiger partial charge in [0.05, 0.1) is 0 Å². The topological polar surface area (TPSA) is 29.3 Å². The van der Waals surface area contributed by atoms with Gasteiger partial charge >= 0.3 is 0 Å². The zero-order valence-corrected chi connectivity index (χ0v) is 7.82. The summed E-state index contributed by atoms with van der Waals surface area (Å²) in [5.74, 6) is 0.695. The standard InChI is InChI=1S/C11H16N2/c12-8-10-6-7-13(9-10)11-4-2-1-3-5-11/h1-5,10H,6-9,12H2/t10-/m0/s1. The Bertz CT molecular complexity index is 258. The summed E-state index contributed by atoms with van der Waals surface area (Å²) < 4.78 is 0. The molecule has 0 saturated carbocycles. The van der Waals surface area contributed by atoms with Gasteiger partial charge in [0.25, 0.3) is 0 Å². The van der Waals surface area contributed by atoms with Crippen molar-refractivity contribution in [3.05, 3.63) is 30.3 Å². The molecule has 0 bridgehead atoms. The fraction of sp³-hybridized carbons (Fsp3) is 0.455. The van der Waals surface area contributed by atoms with Crippen LogP contribution in [0, 0.1) is 5.92 Å². The third-order valence-electron chi connectivity index (χ3n) is 2.74. The Morgan fingerprint density at radius 1 is 1.31 bits per heavy atom. The summed E-state index contributed by atoms with van der Waals surface area (Å²) in [6.07, 6.45) is 1.24. The highest BCUT2D eigenvalue weighted by Gasteiger charge is 2.20. The maximum Gasteiger partial charge on any atom is 0.0366 e. The third-order valence-corrected chi connectivity index (χ3v) is 2.74. The van der Waals surface area contributed by atoms with Gasteiger partial charge in [0.2, 0.25) is 0 Å². The molecule has 1 fully saturated rings. The van der Waals surface area contributed by atoms with Gasteiger partial charge in [-0.15, -0.1) is 0 Å². The molecular formula is C11H16N2. The fourth-order valence-electron chi connectivity index (χ4n) is 1.90. The number of hydrogen-bond acceptors (Lipinski definition) is 2. The largest absolute Gasteiger partial charge is 0.371 e. The molecule has 1 aromatic carbocycles. The Morgan fingerprint density at radius 3 is 2.69 bits per heavy atom. The lowest BCUT2D eigenvalue weighted by atomic mass is 10.1. The molecule has 2 heteroatoms. The molecule has 1 saturated heterocycles. The molecule has 0 unspecified atom stereocenters. The molecule has 0 aliphatic carbocycles. The Balaban J connectivity index is 2.04. The average Bonchev–Trinajstić information content (AvgIpc) is 2.67. The van der Waals surface area contributed by atoms with E-state index in [1.807, 2.05) is 0 Å². The Kier molecular flexibility index (Phi) is 2.50. The fourth-order valence-corrected chi connectivity index (χ4v) is 1.90. The summed E-state index contributed by atoms with van der Waals surface area (Å²) in [5, 5.41) is 0. The molecule has 13 heavy (non-hydrogen) atoms. The Hall–Kier alpha value is -1.02. The number of hydrogen-bond donors (Lipinski definition) is 1. The van der Waals surface area contributed by atoms with Gasteiger partial charge in [-0.25, -0.2) is 0 Å². The van der Waals surface area contributed by atoms with Gasteiger partial charge in [-0.1, -0.05) is 18.2 Å². The molecule has 0 radical (unpaired) electrons. The molecule has 2 nitrogen and oxygen atoms in total. The first-order chi connectivity index (χ1) is 6.40. The van der Waals surface area contributed by atoms with Crippen LogP contribution >= 0.6 is 0 Å². The van der Waals surface area contributed by atoms with Crippen LogP contribution in [0.3, 0.4) is 0 Å². The number of nitrogens with two attached hydrogens (primary N) is 1. The van der Waals surface area contributed by atoms with E-state index in [2.05, 4.69) is 35.2 Å². The smallest absolute Gasteiger partial charge is 0.0366 e. The van der Waals surface area contributed by atoms with Crippen LogP contribution in [0.4, 0.5) is 5.69 Å². The number of rotatable bonds is 2. The summed E-state index contributed by atoms with van der Waals surface area (Å²) in [6, 6.07) is 10.6. The van der Waals surface area contributed by atoms with E-state index in [1.165, 1.54) is 12.1 Å². The van der Waals surface area contributed by atoms with Crippen LogP contribution < -0.4 is 10.6 Å². The molecule has 70 valence electrons. The molecule has 1 heterocycles. The lowest BCUT2D eigenvalue weighted by Gasteiger charge is -2.17. The lowest BCUT2D eigenvalue weighted by Crippen LogP contribution is -2.22. The first-order valence-corrected chi connectivity index (χ1v) is 4.90. The second-order valence-corrected chi connectivity index (χ2v) is 3.67. The van der Waals surface area contributed by atoms with Gasteiger partial charge in [-0.05, 0) is 31.0 Å². The predicted octanol–water partition coefficient (Wildman–Crippen LogP) is 1.47. The summed E-state index contributed by atoms with van der Waals surface area (Å²) in [7, 11) is 0. The lowest BCUT2D eigenvalue weighted by molar-refractivity contribution is 0.602. The van der Waals surface area contributed by atoms with Crippen molar-refractivity contribution in [2.24, 2.45) is 11.7 Å². The predicted molar refractivity (Wildman–Crippen MR) is 55.8 cm³/mol. The minimum absolute atomic E-state index is 0.695. The highest BCUT2D eigenvalue weighted by atomic mass is 15.2. The SMILES string of the molecule is NC[C@@H]1CCN(c2ccccc2)C1. The van der Waals surface area contributed by atoms with Crippen LogP contribution in [0.25, 0.3) is 0 Å². The van der Waals surface area contributed by atoms with E-state index in [-0.39, 0.29) is 0 Å². The van der Waals surface area contributed by atoms with Crippen molar-refractivity contribution in [3.8, 4) is 0 Å². The molecular weight excluding hydrogens is 160 g/mol. The maximum absolute atomic E-state index is 5.65. The number of para-hydroxylation sites is 1. The van der Waals surface area contributed by atoms with E-state index in [1.54, 1.807) is 0 Å². The van der Waals surface area contributed by atoms with Crippen molar-refractivity contribution >= 4 is 5.69 Å². The molecule has 2 rings (SSSR count). The van der Waals surface area contributed by atoms with E-state index in [9.17, 15) is 0 Å². The molecule has 2 N–H and O–H groups in total. The van der Waals surface area contributed by atoms with Gasteiger partial charge in [0.15, 0.2) is 0 Å². The minimum atomic E-state index is 0.695. The van der Waals surface area contributed by atoms with E-state index in [4.69, 9.17) is 5.73 Å². The number of benzene rings is 1. The van der Waals surface area contributed by atoms with Crippen LogP contribution in [0.15, 0.2) is 30.3 Å². The van der Waals surface area contributed by atoms with Gasteiger partial charge in [-0.2, -0.15) is 0 Å². The van der Waals surface area contributed by atoms with Crippen molar-refractivity contribution in [2.75, 3.05) is 24.5 Å². The number of anilines is 1. The zero-order chi connectivity index (χ0) is 9.10. The van der Waals surface area contributed by atoms with Gasteiger partial charge in [-0.3, -0.25) is 0 Å². The van der Waals surface area contributed by atoms with Crippen LogP contribution in [-0.4, -0.2) is 19.6 Å². The van der Waals surface area contributed by atoms with Crippen LogP contribution in [-0.2, 0) is 0 Å². The number of nitrogens with zero attached hydrogens (tertiary/aromatic N) is 1. The molecule has 0 aromatic heterocycles. The van der Waals surface area contributed by atoms with Gasteiger partial charge < -0.3 is 10.6 Å². The summed E-state index contributed by atoms with van der Waals surface area (Å²) >= 11 is 0. The van der Waals surface area contributed by atoms with Crippen molar-refractivity contribution in [1.82, 2.24) is 0 Å². The van der Waals surface area contributed by atoms with Crippen LogP contribution in [0.1, 0.15) is 6.42 Å². The van der Waals surface area contributed by atoms with Crippen molar-refractivity contribution < 1.29 is 0 Å². The Labute approximate surface area is 79.4 Å². The molecule has 1 aromatic rings. The van der Waals surface area contributed by atoms with Crippen molar-refractivity contribution in [1.29, 1.82) is 0 Å². The van der Waals surface area contributed by atoms with Crippen molar-refractivity contribution in [3.63, 3.8) is 0 Å². The van der Waals surface area contributed by atoms with E-state index in [0.717, 1.165) is 19.6 Å². The minimum Gasteiger partial charge on any atom is -0.371 e. The second kappa shape index (κ2) is 3.79. The highest BCUT2D eigenvalue weighted by Crippen LogP contribution is 2.22. The van der Waals surface area contributed by atoms with Gasteiger partial charge in [0, 0.05) is 18.8 Å². The normalized spacial score (nSPS) is 22.2. The molecule has 1 atom stereocenters. The summed E-state index contributed by atoms with van der Waals surface area (Å²) in [5.41, 5.74) is 6.98. The van der Waals surface area contributed by atoms with E-state index >= 15 is 0 Å². The van der Waals surface area contributed by atoms with Crippen molar-refractivity contribution in [2.45, 2.75) is 6.42 Å². The summed E-state index contributed by atoms with van der Waals surface area (Å²) in [4.78, 5) is 2.41. The molecule has 0 amide bonds. The summed E-state index contributed by atoms with van der Waals surface area (Å²) in [6.45, 7) is 3.11. The van der Waals surface area contributed by atoms with Crippen LogP contribution in [0.2, 0.25) is 0 Å². The monoisotopic (exact) mass is 176 g/mol. The third kappa shape index (κ3) is 1.83. The van der Waals surface area contributed by atoms with E-state index < -0.39 is 0 Å². The highest BCUT2D eigenvalue weighted by molar-refractivity contribution is 5.46. The molecule has 1 aliphatic rings. The van der Waals surface area contributed by atoms with Gasteiger partial charge in [0.1, 0.15) is 0 Å². The quantitative estimate of drug-likeness (QED) is 0.739. The second-order valence-electron chi connectivity index (χ2n) is 3.67. The molecule has 0 spiro atoms. The average molecular weight is 176 g/mol.